The van der Waals surface area contributed by atoms with Crippen molar-refractivity contribution in [1.82, 2.24) is 15.1 Å². The number of aromatic nitrogens is 2. The molecular formula is C24H25N3O2. The quantitative estimate of drug-likeness (QED) is 0.655. The number of hydrogen-bond acceptors (Lipinski definition) is 3. The summed E-state index contributed by atoms with van der Waals surface area (Å²) in [4.78, 5) is 12.3. The van der Waals surface area contributed by atoms with Gasteiger partial charge in [-0.1, -0.05) is 36.4 Å². The van der Waals surface area contributed by atoms with Gasteiger partial charge in [-0.2, -0.15) is 5.10 Å². The Kier molecular flexibility index (Phi) is 5.47. The van der Waals surface area contributed by atoms with Crippen LogP contribution < -0.4 is 10.1 Å². The van der Waals surface area contributed by atoms with Gasteiger partial charge in [0.15, 0.2) is 0 Å². The molecule has 0 unspecified atom stereocenters. The molecule has 2 heterocycles. The Balaban J connectivity index is 1.38. The molecule has 0 atom stereocenters. The Morgan fingerprint density at radius 3 is 2.86 bits per heavy atom. The molecule has 0 aliphatic carbocycles. The summed E-state index contributed by atoms with van der Waals surface area (Å²) in [5.74, 6) is 0.835. The smallest absolute Gasteiger partial charge is 0.244 e. The summed E-state index contributed by atoms with van der Waals surface area (Å²) in [6, 6.07) is 16.3. The van der Waals surface area contributed by atoms with Crippen LogP contribution in [0.15, 0.2) is 54.6 Å². The number of carbonyl (C=O) groups is 1. The van der Waals surface area contributed by atoms with Gasteiger partial charge in [-0.05, 0) is 48.7 Å². The molecule has 5 heteroatoms. The second-order valence-electron chi connectivity index (χ2n) is 7.31. The average Bonchev–Trinajstić information content (AvgIpc) is 3.30. The lowest BCUT2D eigenvalue weighted by atomic mass is 10.1. The van der Waals surface area contributed by atoms with Crippen LogP contribution in [0, 0.1) is 13.8 Å². The molecule has 1 aromatic heterocycles. The fourth-order valence-electron chi connectivity index (χ4n) is 3.62. The van der Waals surface area contributed by atoms with Crippen molar-refractivity contribution in [3.63, 3.8) is 0 Å². The number of nitrogens with zero attached hydrogens (tertiary/aromatic N) is 2. The summed E-state index contributed by atoms with van der Waals surface area (Å²) in [5.41, 5.74) is 6.50. The van der Waals surface area contributed by atoms with Gasteiger partial charge in [-0.25, -0.2) is 0 Å². The van der Waals surface area contributed by atoms with E-state index in [1.54, 1.807) is 6.08 Å². The third kappa shape index (κ3) is 4.40. The van der Waals surface area contributed by atoms with Crippen molar-refractivity contribution in [3.8, 4) is 5.75 Å². The van der Waals surface area contributed by atoms with Crippen molar-refractivity contribution in [2.24, 2.45) is 0 Å². The molecule has 3 aromatic rings. The van der Waals surface area contributed by atoms with Crippen LogP contribution in [-0.2, 0) is 24.3 Å². The first-order valence-corrected chi connectivity index (χ1v) is 9.88. The van der Waals surface area contributed by atoms with Gasteiger partial charge in [0.25, 0.3) is 0 Å². The van der Waals surface area contributed by atoms with Crippen LogP contribution >= 0.6 is 0 Å². The summed E-state index contributed by atoms with van der Waals surface area (Å²) < 4.78 is 7.51. The Morgan fingerprint density at radius 2 is 2.03 bits per heavy atom. The number of carbonyl (C=O) groups excluding carboxylic acids is 1. The number of nitrogens with one attached hydrogen (secondary N) is 1. The van der Waals surface area contributed by atoms with Crippen LogP contribution in [0.4, 0.5) is 0 Å². The van der Waals surface area contributed by atoms with Crippen LogP contribution in [0.25, 0.3) is 6.08 Å². The van der Waals surface area contributed by atoms with Crippen LogP contribution in [0.2, 0.25) is 0 Å². The molecule has 5 nitrogen and oxygen atoms in total. The summed E-state index contributed by atoms with van der Waals surface area (Å²) in [6.45, 7) is 5.96. The second kappa shape index (κ2) is 8.35. The number of rotatable bonds is 6. The standard InChI is InChI=1S/C24H25N3O2/c1-17-22(18(2)27(26-17)16-20-6-4-3-5-7-20)15-25-24(28)11-9-19-8-10-23-21(14-19)12-13-29-23/h3-11,14H,12-13,15-16H2,1-2H3,(H,25,28)/b11-9+. The van der Waals surface area contributed by atoms with Gasteiger partial charge in [0, 0.05) is 30.3 Å². The fourth-order valence-corrected chi connectivity index (χ4v) is 3.62. The molecule has 0 fully saturated rings. The molecule has 1 aliphatic rings. The highest BCUT2D eigenvalue weighted by atomic mass is 16.5. The zero-order valence-corrected chi connectivity index (χ0v) is 16.8. The second-order valence-corrected chi connectivity index (χ2v) is 7.31. The van der Waals surface area contributed by atoms with E-state index in [1.165, 1.54) is 11.1 Å². The van der Waals surface area contributed by atoms with E-state index in [0.717, 1.165) is 47.8 Å². The minimum Gasteiger partial charge on any atom is -0.493 e. The number of amides is 1. The third-order valence-corrected chi connectivity index (χ3v) is 5.29. The molecule has 1 N–H and O–H groups in total. The summed E-state index contributed by atoms with van der Waals surface area (Å²) in [5, 5.41) is 7.62. The minimum atomic E-state index is -0.114. The Hall–Kier alpha value is -3.34. The lowest BCUT2D eigenvalue weighted by Crippen LogP contribution is -2.21. The third-order valence-electron chi connectivity index (χ3n) is 5.29. The van der Waals surface area contributed by atoms with Crippen molar-refractivity contribution in [2.45, 2.75) is 33.4 Å². The van der Waals surface area contributed by atoms with Crippen molar-refractivity contribution in [1.29, 1.82) is 0 Å². The van der Waals surface area contributed by atoms with Crippen molar-refractivity contribution in [3.05, 3.63) is 88.2 Å². The van der Waals surface area contributed by atoms with E-state index in [4.69, 9.17) is 4.74 Å². The predicted octanol–water partition coefficient (Wildman–Crippen LogP) is 3.81. The Morgan fingerprint density at radius 1 is 1.21 bits per heavy atom. The van der Waals surface area contributed by atoms with Crippen molar-refractivity contribution < 1.29 is 9.53 Å². The number of fused-ring (bicyclic) bond motifs is 1. The molecule has 2 aromatic carbocycles. The van der Waals surface area contributed by atoms with E-state index in [1.807, 2.05) is 54.9 Å². The highest BCUT2D eigenvalue weighted by Gasteiger charge is 2.13. The van der Waals surface area contributed by atoms with Crippen LogP contribution in [0.1, 0.15) is 33.6 Å². The van der Waals surface area contributed by atoms with Crippen molar-refractivity contribution in [2.75, 3.05) is 6.61 Å². The minimum absolute atomic E-state index is 0.114. The number of ether oxygens (including phenoxy) is 1. The molecule has 29 heavy (non-hydrogen) atoms. The van der Waals surface area contributed by atoms with E-state index in [9.17, 15) is 4.79 Å². The maximum absolute atomic E-state index is 12.3. The molecule has 148 valence electrons. The lowest BCUT2D eigenvalue weighted by molar-refractivity contribution is -0.116. The predicted molar refractivity (Wildman–Crippen MR) is 114 cm³/mol. The molecule has 1 amide bonds. The summed E-state index contributed by atoms with van der Waals surface area (Å²) in [6.07, 6.45) is 4.35. The molecule has 4 rings (SSSR count). The highest BCUT2D eigenvalue weighted by Crippen LogP contribution is 2.26. The molecule has 1 aliphatic heterocycles. The van der Waals surface area contributed by atoms with E-state index >= 15 is 0 Å². The Bertz CT molecular complexity index is 1050. The first-order valence-electron chi connectivity index (χ1n) is 9.88. The van der Waals surface area contributed by atoms with Crippen molar-refractivity contribution >= 4 is 12.0 Å². The largest absolute Gasteiger partial charge is 0.493 e. The zero-order chi connectivity index (χ0) is 20.2. The zero-order valence-electron chi connectivity index (χ0n) is 16.8. The molecular weight excluding hydrogens is 362 g/mol. The monoisotopic (exact) mass is 387 g/mol. The van der Waals surface area contributed by atoms with Crippen LogP contribution in [-0.4, -0.2) is 22.3 Å². The van der Waals surface area contributed by atoms with Gasteiger partial charge in [-0.3, -0.25) is 9.48 Å². The topological polar surface area (TPSA) is 56.2 Å². The number of hydrogen-bond donors (Lipinski definition) is 1. The molecule has 0 radical (unpaired) electrons. The van der Waals surface area contributed by atoms with E-state index in [0.29, 0.717) is 6.54 Å². The first-order chi connectivity index (χ1) is 14.1. The molecule has 0 saturated carbocycles. The van der Waals surface area contributed by atoms with E-state index < -0.39 is 0 Å². The molecule has 0 saturated heterocycles. The van der Waals surface area contributed by atoms with Gasteiger partial charge in [-0.15, -0.1) is 0 Å². The Labute approximate surface area is 171 Å². The van der Waals surface area contributed by atoms with E-state index in [2.05, 4.69) is 28.6 Å². The number of benzene rings is 2. The van der Waals surface area contributed by atoms with Crippen LogP contribution in [0.3, 0.4) is 0 Å². The number of aryl methyl sites for hydroxylation is 1. The molecule has 0 spiro atoms. The van der Waals surface area contributed by atoms with Gasteiger partial charge < -0.3 is 10.1 Å². The van der Waals surface area contributed by atoms with Gasteiger partial charge in [0.1, 0.15) is 5.75 Å². The fraction of sp³-hybridized carbons (Fsp3) is 0.250. The van der Waals surface area contributed by atoms with E-state index in [-0.39, 0.29) is 5.91 Å². The van der Waals surface area contributed by atoms with Crippen LogP contribution in [0.5, 0.6) is 5.75 Å². The van der Waals surface area contributed by atoms with Gasteiger partial charge in [0.05, 0.1) is 18.8 Å². The van der Waals surface area contributed by atoms with Gasteiger partial charge in [0.2, 0.25) is 5.91 Å². The normalized spacial score (nSPS) is 12.8. The highest BCUT2D eigenvalue weighted by molar-refractivity contribution is 5.91. The summed E-state index contributed by atoms with van der Waals surface area (Å²) in [7, 11) is 0. The average molecular weight is 387 g/mol. The summed E-state index contributed by atoms with van der Waals surface area (Å²) >= 11 is 0. The SMILES string of the molecule is Cc1nn(Cc2ccccc2)c(C)c1CNC(=O)/C=C/c1ccc2c(c1)CCO2. The first kappa shape index (κ1) is 19.0. The molecule has 0 bridgehead atoms. The maximum Gasteiger partial charge on any atom is 0.244 e. The maximum atomic E-state index is 12.3. The van der Waals surface area contributed by atoms with Gasteiger partial charge >= 0.3 is 0 Å². The lowest BCUT2D eigenvalue weighted by Gasteiger charge is -2.06.